The summed E-state index contributed by atoms with van der Waals surface area (Å²) in [6, 6.07) is 32.3. The Kier molecular flexibility index (Phi) is 6.52. The zero-order chi connectivity index (χ0) is 22.3. The molecule has 0 radical (unpaired) electrons. The SMILES string of the molecule is C=CC=C(c1ccc(Oc2ccccc2C)cc1)c1ccc(Oc2ccccc2C)cc1. The van der Waals surface area contributed by atoms with E-state index < -0.39 is 0 Å². The van der Waals surface area contributed by atoms with Crippen LogP contribution in [-0.4, -0.2) is 0 Å². The number of aryl methyl sites for hydroxylation is 2. The van der Waals surface area contributed by atoms with Crippen molar-refractivity contribution in [2.75, 3.05) is 0 Å². The summed E-state index contributed by atoms with van der Waals surface area (Å²) in [5.74, 6) is 3.35. The minimum absolute atomic E-state index is 0.808. The Balaban J connectivity index is 1.53. The van der Waals surface area contributed by atoms with Crippen LogP contribution >= 0.6 is 0 Å². The van der Waals surface area contributed by atoms with Crippen molar-refractivity contribution in [3.8, 4) is 23.0 Å². The normalized spacial score (nSPS) is 10.3. The van der Waals surface area contributed by atoms with E-state index in [4.69, 9.17) is 9.47 Å². The van der Waals surface area contributed by atoms with Crippen LogP contribution in [0.3, 0.4) is 0 Å². The third-order valence-corrected chi connectivity index (χ3v) is 5.26. The summed E-state index contributed by atoms with van der Waals surface area (Å²) in [4.78, 5) is 0. The molecule has 0 bridgehead atoms. The number of ether oxygens (including phenoxy) is 2. The molecule has 0 aliphatic rings. The molecule has 0 aliphatic carbocycles. The lowest BCUT2D eigenvalue weighted by atomic mass is 9.97. The first kappa shape index (κ1) is 21.2. The first-order chi connectivity index (χ1) is 15.6. The zero-order valence-corrected chi connectivity index (χ0v) is 18.4. The Hall–Kier alpha value is -4.04. The van der Waals surface area contributed by atoms with Crippen LogP contribution in [0.5, 0.6) is 23.0 Å². The van der Waals surface area contributed by atoms with Gasteiger partial charge in [0.15, 0.2) is 0 Å². The average molecular weight is 419 g/mol. The van der Waals surface area contributed by atoms with E-state index in [1.165, 1.54) is 0 Å². The highest BCUT2D eigenvalue weighted by Gasteiger charge is 2.08. The van der Waals surface area contributed by atoms with E-state index in [-0.39, 0.29) is 0 Å². The fourth-order valence-electron chi connectivity index (χ4n) is 3.48. The molecule has 0 fully saturated rings. The lowest BCUT2D eigenvalue weighted by molar-refractivity contribution is 0.479. The van der Waals surface area contributed by atoms with Crippen molar-refractivity contribution in [2.45, 2.75) is 13.8 Å². The van der Waals surface area contributed by atoms with Crippen molar-refractivity contribution < 1.29 is 9.47 Å². The highest BCUT2D eigenvalue weighted by atomic mass is 16.5. The number of para-hydroxylation sites is 2. The molecule has 0 saturated carbocycles. The molecular formula is C30H26O2. The summed E-state index contributed by atoms with van der Waals surface area (Å²) < 4.78 is 12.1. The molecule has 4 rings (SSSR count). The third-order valence-electron chi connectivity index (χ3n) is 5.26. The van der Waals surface area contributed by atoms with Gasteiger partial charge in [0, 0.05) is 0 Å². The van der Waals surface area contributed by atoms with Crippen LogP contribution in [0.4, 0.5) is 0 Å². The highest BCUT2D eigenvalue weighted by Crippen LogP contribution is 2.31. The average Bonchev–Trinajstić information content (AvgIpc) is 2.82. The number of hydrogen-bond donors (Lipinski definition) is 0. The summed E-state index contributed by atoms with van der Waals surface area (Å²) in [6.07, 6.45) is 3.83. The highest BCUT2D eigenvalue weighted by molar-refractivity contribution is 5.81. The maximum absolute atomic E-state index is 6.04. The molecule has 2 heteroatoms. The fourth-order valence-corrected chi connectivity index (χ4v) is 3.48. The van der Waals surface area contributed by atoms with Gasteiger partial charge in [-0.1, -0.05) is 79.4 Å². The van der Waals surface area contributed by atoms with Gasteiger partial charge in [0.25, 0.3) is 0 Å². The van der Waals surface area contributed by atoms with E-state index in [0.29, 0.717) is 0 Å². The minimum atomic E-state index is 0.808. The summed E-state index contributed by atoms with van der Waals surface area (Å²) in [6.45, 7) is 7.98. The monoisotopic (exact) mass is 418 g/mol. The van der Waals surface area contributed by atoms with Gasteiger partial charge >= 0.3 is 0 Å². The van der Waals surface area contributed by atoms with Gasteiger partial charge in [-0.3, -0.25) is 0 Å². The maximum atomic E-state index is 6.04. The first-order valence-corrected chi connectivity index (χ1v) is 10.6. The smallest absolute Gasteiger partial charge is 0.130 e. The minimum Gasteiger partial charge on any atom is -0.457 e. The molecule has 4 aromatic rings. The molecule has 0 heterocycles. The van der Waals surface area contributed by atoms with E-state index in [2.05, 4.69) is 30.8 Å². The predicted molar refractivity (Wildman–Crippen MR) is 133 cm³/mol. The van der Waals surface area contributed by atoms with Crippen LogP contribution in [0, 0.1) is 13.8 Å². The van der Waals surface area contributed by atoms with Crippen LogP contribution in [0.15, 0.2) is 116 Å². The summed E-state index contributed by atoms with van der Waals surface area (Å²) >= 11 is 0. The van der Waals surface area contributed by atoms with Gasteiger partial charge in [0.2, 0.25) is 0 Å². The van der Waals surface area contributed by atoms with Crippen LogP contribution < -0.4 is 9.47 Å². The van der Waals surface area contributed by atoms with Gasteiger partial charge < -0.3 is 9.47 Å². The Morgan fingerprint density at radius 1 is 0.594 bits per heavy atom. The van der Waals surface area contributed by atoms with E-state index in [1.54, 1.807) is 0 Å². The van der Waals surface area contributed by atoms with Crippen molar-refractivity contribution in [2.24, 2.45) is 0 Å². The molecule has 0 amide bonds. The Morgan fingerprint density at radius 2 is 1.00 bits per heavy atom. The van der Waals surface area contributed by atoms with Crippen molar-refractivity contribution in [3.63, 3.8) is 0 Å². The number of benzene rings is 4. The molecule has 158 valence electrons. The summed E-state index contributed by atoms with van der Waals surface area (Å²) in [7, 11) is 0. The molecule has 4 aromatic carbocycles. The van der Waals surface area contributed by atoms with Gasteiger partial charge in [-0.2, -0.15) is 0 Å². The van der Waals surface area contributed by atoms with Gasteiger partial charge in [0.1, 0.15) is 23.0 Å². The molecule has 0 N–H and O–H groups in total. The zero-order valence-electron chi connectivity index (χ0n) is 18.4. The number of allylic oxidation sites excluding steroid dienone is 2. The number of hydrogen-bond acceptors (Lipinski definition) is 2. The van der Waals surface area contributed by atoms with Crippen molar-refractivity contribution >= 4 is 5.57 Å². The molecule has 32 heavy (non-hydrogen) atoms. The summed E-state index contributed by atoms with van der Waals surface area (Å²) in [5.41, 5.74) is 5.49. The molecule has 0 aromatic heterocycles. The predicted octanol–water partition coefficient (Wildman–Crippen LogP) is 8.51. The van der Waals surface area contributed by atoms with Crippen LogP contribution in [-0.2, 0) is 0 Å². The van der Waals surface area contributed by atoms with Crippen molar-refractivity contribution in [1.29, 1.82) is 0 Å². The van der Waals surface area contributed by atoms with Gasteiger partial charge in [-0.15, -0.1) is 0 Å². The standard InChI is InChI=1S/C30H26O2/c1-4-9-28(24-14-18-26(19-15-24)31-29-12-7-5-10-22(29)2)25-16-20-27(21-17-25)32-30-13-8-6-11-23(30)3/h4-21H,1H2,2-3H3. The number of rotatable bonds is 7. The third kappa shape index (κ3) is 4.98. The van der Waals surface area contributed by atoms with E-state index >= 15 is 0 Å². The Bertz CT molecular complexity index is 1140. The van der Waals surface area contributed by atoms with Gasteiger partial charge in [-0.25, -0.2) is 0 Å². The molecular weight excluding hydrogens is 392 g/mol. The topological polar surface area (TPSA) is 18.5 Å². The largest absolute Gasteiger partial charge is 0.457 e. The van der Waals surface area contributed by atoms with Crippen LogP contribution in [0.25, 0.3) is 5.57 Å². The van der Waals surface area contributed by atoms with Gasteiger partial charge in [-0.05, 0) is 78.1 Å². The lowest BCUT2D eigenvalue weighted by Crippen LogP contribution is -1.91. The quantitative estimate of drug-likeness (QED) is 0.280. The Labute approximate surface area is 190 Å². The van der Waals surface area contributed by atoms with E-state index in [9.17, 15) is 0 Å². The van der Waals surface area contributed by atoms with Gasteiger partial charge in [0.05, 0.1) is 0 Å². The fraction of sp³-hybridized carbons (Fsp3) is 0.0667. The molecule has 0 atom stereocenters. The molecule has 0 aliphatic heterocycles. The van der Waals surface area contributed by atoms with Crippen molar-refractivity contribution in [3.05, 3.63) is 138 Å². The lowest BCUT2D eigenvalue weighted by Gasteiger charge is -2.12. The van der Waals surface area contributed by atoms with Crippen molar-refractivity contribution in [1.82, 2.24) is 0 Å². The molecule has 2 nitrogen and oxygen atoms in total. The second-order valence-corrected chi connectivity index (χ2v) is 7.60. The van der Waals surface area contributed by atoms with Crippen LogP contribution in [0.1, 0.15) is 22.3 Å². The maximum Gasteiger partial charge on any atom is 0.130 e. The van der Waals surface area contributed by atoms with Crippen LogP contribution in [0.2, 0.25) is 0 Å². The summed E-state index contributed by atoms with van der Waals surface area (Å²) in [5, 5.41) is 0. The molecule has 0 saturated heterocycles. The molecule has 0 spiro atoms. The first-order valence-electron chi connectivity index (χ1n) is 10.6. The second kappa shape index (κ2) is 9.84. The Morgan fingerprint density at radius 3 is 1.38 bits per heavy atom. The molecule has 0 unspecified atom stereocenters. The second-order valence-electron chi connectivity index (χ2n) is 7.60. The van der Waals surface area contributed by atoms with E-state index in [1.807, 2.05) is 98.8 Å². The van der Waals surface area contributed by atoms with E-state index in [0.717, 1.165) is 50.8 Å².